The molecule has 0 aliphatic carbocycles. The number of thioether (sulfide) groups is 1. The van der Waals surface area contributed by atoms with Crippen molar-refractivity contribution in [3.8, 4) is 0 Å². The number of amides is 1. The molecule has 31 heavy (non-hydrogen) atoms. The van der Waals surface area contributed by atoms with E-state index in [9.17, 15) is 9.90 Å². The van der Waals surface area contributed by atoms with Gasteiger partial charge in [0.1, 0.15) is 0 Å². The first-order valence-corrected chi connectivity index (χ1v) is 11.7. The summed E-state index contributed by atoms with van der Waals surface area (Å²) in [6, 6.07) is 18.3. The molecule has 162 valence electrons. The monoisotopic (exact) mass is 435 g/mol. The quantitative estimate of drug-likeness (QED) is 0.571. The summed E-state index contributed by atoms with van der Waals surface area (Å²) in [5.41, 5.74) is 3.25. The Bertz CT molecular complexity index is 1040. The first kappa shape index (κ1) is 21.8. The van der Waals surface area contributed by atoms with Crippen molar-refractivity contribution in [2.45, 2.75) is 30.4 Å². The number of aliphatic hydroxyl groups is 1. The molecule has 1 saturated heterocycles. The maximum absolute atomic E-state index is 13.2. The van der Waals surface area contributed by atoms with Crippen LogP contribution >= 0.6 is 11.8 Å². The van der Waals surface area contributed by atoms with E-state index in [0.717, 1.165) is 46.4 Å². The van der Waals surface area contributed by atoms with Crippen molar-refractivity contribution in [2.24, 2.45) is 0 Å². The van der Waals surface area contributed by atoms with Crippen LogP contribution in [0.1, 0.15) is 23.6 Å². The van der Waals surface area contributed by atoms with Crippen molar-refractivity contribution in [1.29, 1.82) is 0 Å². The van der Waals surface area contributed by atoms with E-state index in [4.69, 9.17) is 0 Å². The van der Waals surface area contributed by atoms with Crippen LogP contribution < -0.4 is 0 Å². The third kappa shape index (κ3) is 5.09. The number of hydrogen-bond donors (Lipinski definition) is 1. The molecule has 6 heteroatoms. The summed E-state index contributed by atoms with van der Waals surface area (Å²) >= 11 is 1.57. The SMILES string of the molecule is Cc1ccc(SCC(=O)N(C)C(CN2CC[C@H](O)C2)c2ccccc2)c2cccnc12. The number of likely N-dealkylation sites (N-methyl/N-ethyl adjacent to an activating group) is 1. The highest BCUT2D eigenvalue weighted by atomic mass is 32.2. The fourth-order valence-corrected chi connectivity index (χ4v) is 5.15. The first-order chi connectivity index (χ1) is 15.0. The lowest BCUT2D eigenvalue weighted by Crippen LogP contribution is -2.39. The number of benzene rings is 2. The minimum absolute atomic E-state index is 0.0453. The Morgan fingerprint density at radius 1 is 1.23 bits per heavy atom. The van der Waals surface area contributed by atoms with Crippen LogP contribution in [-0.4, -0.2) is 64.3 Å². The van der Waals surface area contributed by atoms with Gasteiger partial charge in [-0.3, -0.25) is 14.7 Å². The number of nitrogens with zero attached hydrogens (tertiary/aromatic N) is 3. The van der Waals surface area contributed by atoms with Gasteiger partial charge in [-0.15, -0.1) is 11.8 Å². The predicted molar refractivity (Wildman–Crippen MR) is 126 cm³/mol. The lowest BCUT2D eigenvalue weighted by atomic mass is 10.1. The summed E-state index contributed by atoms with van der Waals surface area (Å²) in [5, 5.41) is 11.0. The van der Waals surface area contributed by atoms with Gasteiger partial charge in [-0.1, -0.05) is 42.5 Å². The van der Waals surface area contributed by atoms with Gasteiger partial charge >= 0.3 is 0 Å². The minimum Gasteiger partial charge on any atom is -0.392 e. The fraction of sp³-hybridized carbons (Fsp3) is 0.360. The van der Waals surface area contributed by atoms with Gasteiger partial charge in [-0.05, 0) is 36.6 Å². The molecule has 1 aliphatic heterocycles. The zero-order valence-corrected chi connectivity index (χ0v) is 18.9. The van der Waals surface area contributed by atoms with Crippen molar-refractivity contribution < 1.29 is 9.90 Å². The molecule has 3 aromatic rings. The molecule has 1 N–H and O–H groups in total. The van der Waals surface area contributed by atoms with Crippen molar-refractivity contribution in [3.63, 3.8) is 0 Å². The first-order valence-electron chi connectivity index (χ1n) is 10.7. The summed E-state index contributed by atoms with van der Waals surface area (Å²) in [6.07, 6.45) is 2.34. The second kappa shape index (κ2) is 9.81. The maximum atomic E-state index is 13.2. The average molecular weight is 436 g/mol. The van der Waals surface area contributed by atoms with Crippen LogP contribution in [0.3, 0.4) is 0 Å². The molecule has 1 unspecified atom stereocenters. The van der Waals surface area contributed by atoms with Gasteiger partial charge in [0.05, 0.1) is 23.4 Å². The van der Waals surface area contributed by atoms with E-state index in [1.54, 1.807) is 11.8 Å². The number of aryl methyl sites for hydroxylation is 1. The Balaban J connectivity index is 1.49. The van der Waals surface area contributed by atoms with E-state index in [1.165, 1.54) is 0 Å². The summed E-state index contributed by atoms with van der Waals surface area (Å²) in [7, 11) is 1.89. The van der Waals surface area contributed by atoms with E-state index in [1.807, 2.05) is 42.4 Å². The van der Waals surface area contributed by atoms with Crippen LogP contribution in [-0.2, 0) is 4.79 Å². The lowest BCUT2D eigenvalue weighted by Gasteiger charge is -2.32. The van der Waals surface area contributed by atoms with Crippen LogP contribution in [0.2, 0.25) is 0 Å². The zero-order valence-electron chi connectivity index (χ0n) is 18.1. The average Bonchev–Trinajstić information content (AvgIpc) is 3.22. The molecule has 2 heterocycles. The molecule has 5 nitrogen and oxygen atoms in total. The highest BCUT2D eigenvalue weighted by Gasteiger charge is 2.28. The smallest absolute Gasteiger partial charge is 0.233 e. The number of β-amino-alcohol motifs (C(OH)–C–C–N with tert-alkyl or cyclic N) is 1. The Kier molecular flexibility index (Phi) is 6.90. The molecule has 1 aromatic heterocycles. The highest BCUT2D eigenvalue weighted by Crippen LogP contribution is 2.30. The number of pyridine rings is 1. The molecular formula is C25H29N3O2S. The van der Waals surface area contributed by atoms with Gasteiger partial charge < -0.3 is 10.0 Å². The summed E-state index contributed by atoms with van der Waals surface area (Å²) in [5.74, 6) is 0.464. The number of likely N-dealkylation sites (tertiary alicyclic amines) is 1. The Morgan fingerprint density at radius 2 is 2.03 bits per heavy atom. The number of carbonyl (C=O) groups excluding carboxylic acids is 1. The van der Waals surface area contributed by atoms with Crippen molar-refractivity contribution in [3.05, 3.63) is 71.9 Å². The number of carbonyl (C=O) groups is 1. The van der Waals surface area contributed by atoms with E-state index in [2.05, 4.69) is 47.1 Å². The van der Waals surface area contributed by atoms with Gasteiger partial charge in [0.15, 0.2) is 0 Å². The van der Waals surface area contributed by atoms with Crippen LogP contribution in [0.5, 0.6) is 0 Å². The number of aliphatic hydroxyl groups excluding tert-OH is 1. The Labute approximate surface area is 188 Å². The standard InChI is InChI=1S/C25H29N3O2S/c1-18-10-11-23(21-9-6-13-26-25(18)21)31-17-24(30)27(2)22(19-7-4-3-5-8-19)16-28-14-12-20(29)15-28/h3-11,13,20,22,29H,12,14-17H2,1-2H3/t20-,22?/m0/s1. The molecule has 4 rings (SSSR count). The summed E-state index contributed by atoms with van der Waals surface area (Å²) < 4.78 is 0. The van der Waals surface area contributed by atoms with Crippen LogP contribution in [0.15, 0.2) is 65.7 Å². The summed E-state index contributed by atoms with van der Waals surface area (Å²) in [6.45, 7) is 4.32. The van der Waals surface area contributed by atoms with Gasteiger partial charge in [-0.2, -0.15) is 0 Å². The van der Waals surface area contributed by atoms with Crippen LogP contribution in [0.4, 0.5) is 0 Å². The molecule has 1 fully saturated rings. The second-order valence-electron chi connectivity index (χ2n) is 8.20. The lowest BCUT2D eigenvalue weighted by molar-refractivity contribution is -0.129. The van der Waals surface area contributed by atoms with Crippen molar-refractivity contribution in [1.82, 2.24) is 14.8 Å². The molecule has 1 amide bonds. The molecule has 0 radical (unpaired) electrons. The molecule has 2 aromatic carbocycles. The van der Waals surface area contributed by atoms with E-state index in [0.29, 0.717) is 12.3 Å². The number of aromatic nitrogens is 1. The molecule has 1 aliphatic rings. The highest BCUT2D eigenvalue weighted by molar-refractivity contribution is 8.00. The summed E-state index contributed by atoms with van der Waals surface area (Å²) in [4.78, 5) is 22.9. The Morgan fingerprint density at radius 3 is 2.77 bits per heavy atom. The zero-order chi connectivity index (χ0) is 21.8. The molecule has 0 saturated carbocycles. The van der Waals surface area contributed by atoms with Crippen molar-refractivity contribution >= 4 is 28.6 Å². The normalized spacial score (nSPS) is 17.7. The molecular weight excluding hydrogens is 406 g/mol. The van der Waals surface area contributed by atoms with Gasteiger partial charge in [0.2, 0.25) is 5.91 Å². The number of hydrogen-bond acceptors (Lipinski definition) is 5. The number of rotatable bonds is 7. The largest absolute Gasteiger partial charge is 0.392 e. The van der Waals surface area contributed by atoms with Gasteiger partial charge in [0, 0.05) is 43.2 Å². The minimum atomic E-state index is -0.267. The predicted octanol–water partition coefficient (Wildman–Crippen LogP) is 3.90. The van der Waals surface area contributed by atoms with Gasteiger partial charge in [-0.25, -0.2) is 0 Å². The Hall–Kier alpha value is -2.41. The van der Waals surface area contributed by atoms with E-state index >= 15 is 0 Å². The van der Waals surface area contributed by atoms with Crippen LogP contribution in [0, 0.1) is 6.92 Å². The molecule has 0 bridgehead atoms. The fourth-order valence-electron chi connectivity index (χ4n) is 4.18. The number of fused-ring (bicyclic) bond motifs is 1. The maximum Gasteiger partial charge on any atom is 0.233 e. The molecule has 2 atom stereocenters. The van der Waals surface area contributed by atoms with Gasteiger partial charge in [0.25, 0.3) is 0 Å². The topological polar surface area (TPSA) is 56.7 Å². The third-order valence-corrected chi connectivity index (χ3v) is 7.06. The van der Waals surface area contributed by atoms with E-state index < -0.39 is 0 Å². The van der Waals surface area contributed by atoms with Crippen molar-refractivity contribution in [2.75, 3.05) is 32.4 Å². The second-order valence-corrected chi connectivity index (χ2v) is 9.22. The molecule has 0 spiro atoms. The third-order valence-electron chi connectivity index (χ3n) is 6.01. The van der Waals surface area contributed by atoms with Crippen LogP contribution in [0.25, 0.3) is 10.9 Å². The van der Waals surface area contributed by atoms with E-state index in [-0.39, 0.29) is 18.1 Å².